The van der Waals surface area contributed by atoms with Gasteiger partial charge in [-0.2, -0.15) is 5.10 Å². The minimum atomic E-state index is -0.154. The van der Waals surface area contributed by atoms with E-state index in [0.29, 0.717) is 12.2 Å². The molecule has 1 atom stereocenters. The van der Waals surface area contributed by atoms with Crippen LogP contribution in [-0.2, 0) is 6.42 Å². The largest absolute Gasteiger partial charge is 0.493 e. The second-order valence-corrected chi connectivity index (χ2v) is 4.62. The number of ether oxygens (including phenoxy) is 2. The van der Waals surface area contributed by atoms with Gasteiger partial charge in [-0.1, -0.05) is 12.1 Å². The number of aromatic nitrogens is 2. The molecular formula is C14H15N3O3. The van der Waals surface area contributed by atoms with Crippen LogP contribution in [0.4, 0.5) is 0 Å². The number of methoxy groups -OCH3 is 1. The lowest BCUT2D eigenvalue weighted by Crippen LogP contribution is -2.42. The number of carbonyl (C=O) groups is 1. The molecule has 1 aliphatic heterocycles. The van der Waals surface area contributed by atoms with Crippen LogP contribution in [0.25, 0.3) is 0 Å². The number of hydrogen-bond acceptors (Lipinski definition) is 4. The smallest absolute Gasteiger partial charge is 0.254 e. The number of para-hydroxylation sites is 1. The van der Waals surface area contributed by atoms with Crippen LogP contribution in [0.2, 0.25) is 0 Å². The Hall–Kier alpha value is -2.50. The van der Waals surface area contributed by atoms with Crippen LogP contribution < -0.4 is 14.8 Å². The van der Waals surface area contributed by atoms with Crippen LogP contribution in [0, 0.1) is 0 Å². The van der Waals surface area contributed by atoms with E-state index in [1.54, 1.807) is 13.3 Å². The second kappa shape index (κ2) is 5.24. The molecule has 1 aromatic carbocycles. The van der Waals surface area contributed by atoms with E-state index in [9.17, 15) is 4.79 Å². The summed E-state index contributed by atoms with van der Waals surface area (Å²) in [5.74, 6) is 1.34. The Morgan fingerprint density at radius 3 is 3.20 bits per heavy atom. The Morgan fingerprint density at radius 1 is 1.55 bits per heavy atom. The van der Waals surface area contributed by atoms with Crippen molar-refractivity contribution in [1.82, 2.24) is 15.5 Å². The molecule has 1 amide bonds. The number of hydrogen-bond donors (Lipinski definition) is 2. The van der Waals surface area contributed by atoms with E-state index in [1.807, 2.05) is 18.2 Å². The quantitative estimate of drug-likeness (QED) is 0.879. The Kier molecular flexibility index (Phi) is 3.28. The minimum Gasteiger partial charge on any atom is -0.493 e. The Bertz CT molecular complexity index is 610. The van der Waals surface area contributed by atoms with Crippen LogP contribution >= 0.6 is 0 Å². The maximum Gasteiger partial charge on any atom is 0.254 e. The van der Waals surface area contributed by atoms with Crippen molar-refractivity contribution in [3.63, 3.8) is 0 Å². The summed E-state index contributed by atoms with van der Waals surface area (Å²) >= 11 is 0. The molecule has 104 valence electrons. The van der Waals surface area contributed by atoms with Gasteiger partial charge in [0.05, 0.1) is 24.9 Å². The molecule has 0 bridgehead atoms. The SMILES string of the molecule is COc1cccc2c1OC[C@@H](NC(=O)c1cn[nH]c1)C2. The van der Waals surface area contributed by atoms with Crippen molar-refractivity contribution in [3.8, 4) is 11.5 Å². The first-order valence-corrected chi connectivity index (χ1v) is 6.36. The third-order valence-corrected chi connectivity index (χ3v) is 3.27. The van der Waals surface area contributed by atoms with Crippen molar-refractivity contribution in [3.05, 3.63) is 41.7 Å². The normalized spacial score (nSPS) is 16.9. The van der Waals surface area contributed by atoms with Gasteiger partial charge in [-0.05, 0) is 12.5 Å². The summed E-state index contributed by atoms with van der Waals surface area (Å²) in [6.07, 6.45) is 3.78. The lowest BCUT2D eigenvalue weighted by atomic mass is 10.0. The molecule has 1 aliphatic rings. The summed E-state index contributed by atoms with van der Waals surface area (Å²) in [5, 5.41) is 9.32. The molecular weight excluding hydrogens is 258 g/mol. The summed E-state index contributed by atoms with van der Waals surface area (Å²) in [6, 6.07) is 5.70. The number of benzene rings is 1. The summed E-state index contributed by atoms with van der Waals surface area (Å²) in [6.45, 7) is 0.428. The van der Waals surface area contributed by atoms with Crippen molar-refractivity contribution < 1.29 is 14.3 Å². The Morgan fingerprint density at radius 2 is 2.45 bits per heavy atom. The van der Waals surface area contributed by atoms with Crippen molar-refractivity contribution in [1.29, 1.82) is 0 Å². The van der Waals surface area contributed by atoms with Crippen LogP contribution in [-0.4, -0.2) is 35.9 Å². The van der Waals surface area contributed by atoms with Gasteiger partial charge >= 0.3 is 0 Å². The molecule has 2 heterocycles. The second-order valence-electron chi connectivity index (χ2n) is 4.62. The maximum absolute atomic E-state index is 12.0. The van der Waals surface area contributed by atoms with Crippen molar-refractivity contribution in [2.24, 2.45) is 0 Å². The molecule has 0 unspecified atom stereocenters. The van der Waals surface area contributed by atoms with E-state index in [4.69, 9.17) is 9.47 Å². The van der Waals surface area contributed by atoms with Crippen molar-refractivity contribution >= 4 is 5.91 Å². The molecule has 0 saturated carbocycles. The summed E-state index contributed by atoms with van der Waals surface area (Å²) in [7, 11) is 1.62. The highest BCUT2D eigenvalue weighted by Gasteiger charge is 2.24. The predicted molar refractivity (Wildman–Crippen MR) is 72.0 cm³/mol. The fraction of sp³-hybridized carbons (Fsp3) is 0.286. The van der Waals surface area contributed by atoms with E-state index >= 15 is 0 Å². The molecule has 3 rings (SSSR count). The maximum atomic E-state index is 12.0. The first-order chi connectivity index (χ1) is 9.78. The monoisotopic (exact) mass is 273 g/mol. The van der Waals surface area contributed by atoms with Gasteiger partial charge in [0.25, 0.3) is 5.91 Å². The zero-order valence-electron chi connectivity index (χ0n) is 11.1. The molecule has 6 heteroatoms. The lowest BCUT2D eigenvalue weighted by Gasteiger charge is -2.27. The predicted octanol–water partition coefficient (Wildman–Crippen LogP) is 1.15. The molecule has 0 aliphatic carbocycles. The average Bonchev–Trinajstić information content (AvgIpc) is 3.00. The minimum absolute atomic E-state index is 0.0583. The van der Waals surface area contributed by atoms with Crippen LogP contribution in [0.3, 0.4) is 0 Å². The number of H-pyrrole nitrogens is 1. The average molecular weight is 273 g/mol. The molecule has 0 spiro atoms. The van der Waals surface area contributed by atoms with Gasteiger partial charge in [0, 0.05) is 11.8 Å². The molecule has 1 aromatic heterocycles. The summed E-state index contributed by atoms with van der Waals surface area (Å²) in [4.78, 5) is 12.0. The zero-order chi connectivity index (χ0) is 13.9. The first-order valence-electron chi connectivity index (χ1n) is 6.36. The number of fused-ring (bicyclic) bond motifs is 1. The highest BCUT2D eigenvalue weighted by Crippen LogP contribution is 2.34. The van der Waals surface area contributed by atoms with Crippen LogP contribution in [0.1, 0.15) is 15.9 Å². The standard InChI is InChI=1S/C14H15N3O3/c1-19-12-4-2-3-9-5-11(8-20-13(9)12)17-14(18)10-6-15-16-7-10/h2-4,6-7,11H,5,8H2,1H3,(H,15,16)(H,17,18)/t11-/m0/s1. The molecule has 0 saturated heterocycles. The van der Waals surface area contributed by atoms with Crippen molar-refractivity contribution in [2.45, 2.75) is 12.5 Å². The van der Waals surface area contributed by atoms with E-state index in [2.05, 4.69) is 15.5 Å². The van der Waals surface area contributed by atoms with Gasteiger partial charge < -0.3 is 14.8 Å². The number of nitrogens with zero attached hydrogens (tertiary/aromatic N) is 1. The number of nitrogens with one attached hydrogen (secondary N) is 2. The molecule has 2 N–H and O–H groups in total. The van der Waals surface area contributed by atoms with Crippen LogP contribution in [0.5, 0.6) is 11.5 Å². The zero-order valence-corrected chi connectivity index (χ0v) is 11.1. The van der Waals surface area contributed by atoms with Gasteiger partial charge in [-0.25, -0.2) is 0 Å². The lowest BCUT2D eigenvalue weighted by molar-refractivity contribution is 0.0914. The topological polar surface area (TPSA) is 76.2 Å². The van der Waals surface area contributed by atoms with Crippen LogP contribution in [0.15, 0.2) is 30.6 Å². The Labute approximate surface area is 116 Å². The molecule has 6 nitrogen and oxygen atoms in total. The van der Waals surface area contributed by atoms with Gasteiger partial charge in [-0.3, -0.25) is 9.89 Å². The number of rotatable bonds is 3. The fourth-order valence-electron chi connectivity index (χ4n) is 2.29. The Balaban J connectivity index is 1.71. The van der Waals surface area contributed by atoms with Gasteiger partial charge in [0.1, 0.15) is 6.61 Å². The first kappa shape index (κ1) is 12.5. The number of amides is 1. The van der Waals surface area contributed by atoms with E-state index in [1.165, 1.54) is 6.20 Å². The van der Waals surface area contributed by atoms with Gasteiger partial charge in [0.2, 0.25) is 0 Å². The number of carbonyl (C=O) groups excluding carboxylic acids is 1. The fourth-order valence-corrected chi connectivity index (χ4v) is 2.29. The van der Waals surface area contributed by atoms with Gasteiger partial charge in [-0.15, -0.1) is 0 Å². The molecule has 0 radical (unpaired) electrons. The number of aromatic amines is 1. The van der Waals surface area contributed by atoms with Crippen molar-refractivity contribution in [2.75, 3.05) is 13.7 Å². The van der Waals surface area contributed by atoms with E-state index in [0.717, 1.165) is 23.5 Å². The summed E-state index contributed by atoms with van der Waals surface area (Å²) in [5.41, 5.74) is 1.55. The molecule has 20 heavy (non-hydrogen) atoms. The highest BCUT2D eigenvalue weighted by atomic mass is 16.5. The van der Waals surface area contributed by atoms with E-state index < -0.39 is 0 Å². The highest BCUT2D eigenvalue weighted by molar-refractivity contribution is 5.93. The summed E-state index contributed by atoms with van der Waals surface area (Å²) < 4.78 is 11.0. The third kappa shape index (κ3) is 2.32. The third-order valence-electron chi connectivity index (χ3n) is 3.27. The van der Waals surface area contributed by atoms with E-state index in [-0.39, 0.29) is 11.9 Å². The van der Waals surface area contributed by atoms with Gasteiger partial charge in [0.15, 0.2) is 11.5 Å². The molecule has 0 fully saturated rings. The molecule has 2 aromatic rings.